The summed E-state index contributed by atoms with van der Waals surface area (Å²) in [6.07, 6.45) is 1.35. The molecule has 2 unspecified atom stereocenters. The molecule has 0 N–H and O–H groups in total. The average molecular weight is 496 g/mol. The molecule has 3 aromatic carbocycles. The molecule has 5 rings (SSSR count). The fourth-order valence-electron chi connectivity index (χ4n) is 4.70. The Morgan fingerprint density at radius 3 is 1.63 bits per heavy atom. The molecule has 0 amide bonds. The van der Waals surface area contributed by atoms with Crippen molar-refractivity contribution < 1.29 is 9.59 Å². The van der Waals surface area contributed by atoms with Gasteiger partial charge in [0.15, 0.2) is 10.8 Å². The zero-order valence-corrected chi connectivity index (χ0v) is 19.6. The van der Waals surface area contributed by atoms with E-state index in [1.807, 2.05) is 84.9 Å². The minimum absolute atomic E-state index is 0.264. The van der Waals surface area contributed by atoms with E-state index >= 15 is 0 Å². The first-order valence-electron chi connectivity index (χ1n) is 10.6. The molecule has 0 spiro atoms. The molecule has 2 aliphatic rings. The SMILES string of the molecule is N#CC12C=C(c3ccc(N(c4ccccc4)c4ccccc4)cc3)C1(C#N)C(=O)C(Cl)=C(Cl)C2=O. The quantitative estimate of drug-likeness (QED) is 0.417. The monoisotopic (exact) mass is 495 g/mol. The van der Waals surface area contributed by atoms with Crippen LogP contribution in [0.3, 0.4) is 0 Å². The third kappa shape index (κ3) is 3.00. The fourth-order valence-corrected chi connectivity index (χ4v) is 5.16. The number of carbonyl (C=O) groups is 2. The number of anilines is 3. The highest BCUT2D eigenvalue weighted by Crippen LogP contribution is 2.64. The first-order chi connectivity index (χ1) is 16.9. The van der Waals surface area contributed by atoms with E-state index in [-0.39, 0.29) is 5.57 Å². The molecular formula is C28H15Cl2N3O2. The summed E-state index contributed by atoms with van der Waals surface area (Å²) >= 11 is 12.0. The van der Waals surface area contributed by atoms with Crippen molar-refractivity contribution in [3.8, 4) is 12.1 Å². The van der Waals surface area contributed by atoms with Gasteiger partial charge in [0.1, 0.15) is 10.1 Å². The van der Waals surface area contributed by atoms with Gasteiger partial charge in [-0.15, -0.1) is 0 Å². The molecule has 0 radical (unpaired) electrons. The molecule has 3 aromatic rings. The predicted molar refractivity (Wildman–Crippen MR) is 134 cm³/mol. The number of benzene rings is 3. The number of Topliss-reactive ketones (excluding diaryl/α,β-unsaturated/α-hetero) is 2. The van der Waals surface area contributed by atoms with Crippen molar-refractivity contribution in [1.82, 2.24) is 0 Å². The Kier molecular flexibility index (Phi) is 5.33. The molecule has 7 heteroatoms. The molecule has 5 nitrogen and oxygen atoms in total. The molecule has 0 bridgehead atoms. The van der Waals surface area contributed by atoms with E-state index in [0.29, 0.717) is 5.56 Å². The van der Waals surface area contributed by atoms with Crippen LogP contribution in [0.2, 0.25) is 0 Å². The predicted octanol–water partition coefficient (Wildman–Crippen LogP) is 6.41. The summed E-state index contributed by atoms with van der Waals surface area (Å²) in [6, 6.07) is 30.7. The minimum Gasteiger partial charge on any atom is -0.311 e. The highest BCUT2D eigenvalue weighted by atomic mass is 35.5. The number of nitrogens with zero attached hydrogens (tertiary/aromatic N) is 3. The molecule has 0 fully saturated rings. The van der Waals surface area contributed by atoms with Crippen LogP contribution >= 0.6 is 23.2 Å². The maximum atomic E-state index is 13.1. The lowest BCUT2D eigenvalue weighted by Gasteiger charge is -2.49. The Labute approximate surface area is 211 Å². The number of ketones is 2. The van der Waals surface area contributed by atoms with Crippen LogP contribution in [0.15, 0.2) is 101 Å². The van der Waals surface area contributed by atoms with Crippen molar-refractivity contribution in [3.05, 3.63) is 107 Å². The first kappa shape index (κ1) is 22.6. The number of halogens is 2. The Hall–Kier alpha value is -4.16. The van der Waals surface area contributed by atoms with Crippen LogP contribution in [0.25, 0.3) is 5.57 Å². The van der Waals surface area contributed by atoms with Crippen LogP contribution in [0.1, 0.15) is 5.56 Å². The Morgan fingerprint density at radius 2 is 1.14 bits per heavy atom. The van der Waals surface area contributed by atoms with Gasteiger partial charge in [-0.2, -0.15) is 10.5 Å². The molecule has 2 aliphatic carbocycles. The Morgan fingerprint density at radius 1 is 0.657 bits per heavy atom. The van der Waals surface area contributed by atoms with Gasteiger partial charge in [-0.25, -0.2) is 0 Å². The van der Waals surface area contributed by atoms with E-state index in [2.05, 4.69) is 4.90 Å². The van der Waals surface area contributed by atoms with Gasteiger partial charge in [0.2, 0.25) is 11.6 Å². The van der Waals surface area contributed by atoms with Gasteiger partial charge >= 0.3 is 0 Å². The van der Waals surface area contributed by atoms with E-state index in [0.717, 1.165) is 17.1 Å². The zero-order chi connectivity index (χ0) is 24.8. The third-order valence-electron chi connectivity index (χ3n) is 6.46. The summed E-state index contributed by atoms with van der Waals surface area (Å²) in [6.45, 7) is 0. The van der Waals surface area contributed by atoms with Crippen molar-refractivity contribution in [2.45, 2.75) is 0 Å². The highest BCUT2D eigenvalue weighted by molar-refractivity contribution is 6.58. The number of allylic oxidation sites excluding steroid dienone is 4. The summed E-state index contributed by atoms with van der Waals surface area (Å²) in [7, 11) is 0. The van der Waals surface area contributed by atoms with Gasteiger partial charge in [0, 0.05) is 17.1 Å². The van der Waals surface area contributed by atoms with Crippen molar-refractivity contribution in [3.63, 3.8) is 0 Å². The van der Waals surface area contributed by atoms with Crippen LogP contribution in [-0.2, 0) is 9.59 Å². The van der Waals surface area contributed by atoms with E-state index in [9.17, 15) is 20.1 Å². The molecule has 0 heterocycles. The maximum Gasteiger partial charge on any atom is 0.203 e. The number of rotatable bonds is 4. The Balaban J connectivity index is 1.60. The molecule has 2 atom stereocenters. The molecule has 0 saturated heterocycles. The van der Waals surface area contributed by atoms with Crippen LogP contribution < -0.4 is 4.90 Å². The second kappa shape index (κ2) is 8.25. The number of fused-ring (bicyclic) bond motifs is 1. The van der Waals surface area contributed by atoms with Crippen molar-refractivity contribution in [1.29, 1.82) is 10.5 Å². The Bertz CT molecular complexity index is 1480. The first-order valence-corrected chi connectivity index (χ1v) is 11.4. The standard InChI is InChI=1S/C28H15Cl2N3O2/c29-23-24(30)26(35)28(17-32)22(15-27(28,16-31)25(23)34)18-11-13-21(14-12-18)33(19-7-3-1-4-8-19)20-9-5-2-6-10-20/h1-15H. The minimum atomic E-state index is -2.05. The molecule has 0 saturated carbocycles. The summed E-state index contributed by atoms with van der Waals surface area (Å²) in [5, 5.41) is 18.9. The van der Waals surface area contributed by atoms with Crippen LogP contribution in [-0.4, -0.2) is 11.6 Å². The van der Waals surface area contributed by atoms with E-state index < -0.39 is 32.5 Å². The summed E-state index contributed by atoms with van der Waals surface area (Å²) < 4.78 is 0. The largest absolute Gasteiger partial charge is 0.311 e. The van der Waals surface area contributed by atoms with Gasteiger partial charge in [0.25, 0.3) is 0 Å². The van der Waals surface area contributed by atoms with Gasteiger partial charge < -0.3 is 4.90 Å². The number of hydrogen-bond donors (Lipinski definition) is 0. The van der Waals surface area contributed by atoms with Gasteiger partial charge in [0.05, 0.1) is 12.1 Å². The number of hydrogen-bond acceptors (Lipinski definition) is 5. The zero-order valence-electron chi connectivity index (χ0n) is 18.1. The second-order valence-corrected chi connectivity index (χ2v) is 8.94. The smallest absolute Gasteiger partial charge is 0.203 e. The summed E-state index contributed by atoms with van der Waals surface area (Å²) in [4.78, 5) is 28.0. The normalized spacial score (nSPS) is 22.9. The van der Waals surface area contributed by atoms with Gasteiger partial charge in [-0.3, -0.25) is 9.59 Å². The van der Waals surface area contributed by atoms with Crippen LogP contribution in [0.5, 0.6) is 0 Å². The number of carbonyl (C=O) groups excluding carboxylic acids is 2. The van der Waals surface area contributed by atoms with E-state index in [1.165, 1.54) is 6.08 Å². The molecular weight excluding hydrogens is 481 g/mol. The lowest BCUT2D eigenvalue weighted by atomic mass is 9.46. The van der Waals surface area contributed by atoms with Crippen molar-refractivity contribution in [2.75, 3.05) is 4.90 Å². The number of para-hydroxylation sites is 2. The number of nitriles is 2. The van der Waals surface area contributed by atoms with Crippen LogP contribution in [0.4, 0.5) is 17.1 Å². The molecule has 35 heavy (non-hydrogen) atoms. The van der Waals surface area contributed by atoms with E-state index in [4.69, 9.17) is 23.2 Å². The fraction of sp³-hybridized carbons (Fsp3) is 0.0714. The average Bonchev–Trinajstić information content (AvgIpc) is 2.89. The van der Waals surface area contributed by atoms with E-state index in [1.54, 1.807) is 12.1 Å². The lowest BCUT2D eigenvalue weighted by molar-refractivity contribution is -0.133. The summed E-state index contributed by atoms with van der Waals surface area (Å²) in [5.41, 5.74) is -0.505. The molecule has 0 aliphatic heterocycles. The second-order valence-electron chi connectivity index (χ2n) is 8.18. The highest BCUT2D eigenvalue weighted by Gasteiger charge is 2.73. The van der Waals surface area contributed by atoms with Gasteiger partial charge in [-0.1, -0.05) is 71.7 Å². The van der Waals surface area contributed by atoms with Gasteiger partial charge in [-0.05, 0) is 53.6 Å². The van der Waals surface area contributed by atoms with Crippen molar-refractivity contribution >= 4 is 57.4 Å². The lowest BCUT2D eigenvalue weighted by Crippen LogP contribution is -2.59. The maximum absolute atomic E-state index is 13.1. The molecule has 0 aromatic heterocycles. The molecule has 168 valence electrons. The summed E-state index contributed by atoms with van der Waals surface area (Å²) in [5.74, 6) is -1.68. The van der Waals surface area contributed by atoms with Crippen molar-refractivity contribution in [2.24, 2.45) is 10.8 Å². The third-order valence-corrected chi connectivity index (χ3v) is 7.27. The van der Waals surface area contributed by atoms with Crippen LogP contribution in [0, 0.1) is 33.5 Å². The topological polar surface area (TPSA) is 85.0 Å².